The standard InChI is InChI=1S/C12H14N2OS/c15-11(8-10-4-2-1-3-5-10)9-14-7-6-13-12(14)16/h1-7,11,15H,8-9H2,(H,13,16)/t11-/m1/s1. The Hall–Kier alpha value is -1.39. The van der Waals surface area contributed by atoms with Gasteiger partial charge in [0, 0.05) is 18.8 Å². The second kappa shape index (κ2) is 5.09. The van der Waals surface area contributed by atoms with Crippen LogP contribution in [-0.4, -0.2) is 20.8 Å². The molecule has 0 bridgehead atoms. The van der Waals surface area contributed by atoms with Crippen LogP contribution in [0.1, 0.15) is 5.56 Å². The maximum Gasteiger partial charge on any atom is 0.177 e. The van der Waals surface area contributed by atoms with Crippen LogP contribution >= 0.6 is 12.2 Å². The molecule has 84 valence electrons. The summed E-state index contributed by atoms with van der Waals surface area (Å²) in [6.07, 6.45) is 3.85. The van der Waals surface area contributed by atoms with Crippen molar-refractivity contribution in [2.45, 2.75) is 19.1 Å². The van der Waals surface area contributed by atoms with Crippen LogP contribution in [0.15, 0.2) is 42.7 Å². The van der Waals surface area contributed by atoms with Crippen molar-refractivity contribution in [3.8, 4) is 0 Å². The summed E-state index contributed by atoms with van der Waals surface area (Å²) in [5.74, 6) is 0. The molecule has 0 fully saturated rings. The Morgan fingerprint density at radius 2 is 2.06 bits per heavy atom. The van der Waals surface area contributed by atoms with Crippen LogP contribution in [0.2, 0.25) is 0 Å². The van der Waals surface area contributed by atoms with Gasteiger partial charge in [-0.25, -0.2) is 0 Å². The van der Waals surface area contributed by atoms with Crippen molar-refractivity contribution in [2.24, 2.45) is 0 Å². The van der Waals surface area contributed by atoms with Gasteiger partial charge in [0.15, 0.2) is 4.77 Å². The predicted octanol–water partition coefficient (Wildman–Crippen LogP) is 2.15. The zero-order valence-corrected chi connectivity index (χ0v) is 9.65. The molecule has 0 radical (unpaired) electrons. The molecule has 0 aliphatic carbocycles. The molecule has 3 nitrogen and oxygen atoms in total. The number of H-pyrrole nitrogens is 1. The van der Waals surface area contributed by atoms with E-state index in [4.69, 9.17) is 12.2 Å². The third-order valence-corrected chi connectivity index (χ3v) is 2.80. The van der Waals surface area contributed by atoms with E-state index in [1.54, 1.807) is 6.20 Å². The number of hydrogen-bond donors (Lipinski definition) is 2. The fourth-order valence-electron chi connectivity index (χ4n) is 1.67. The molecule has 1 heterocycles. The highest BCUT2D eigenvalue weighted by molar-refractivity contribution is 7.71. The smallest absolute Gasteiger partial charge is 0.177 e. The molecule has 0 aliphatic rings. The Labute approximate surface area is 99.4 Å². The van der Waals surface area contributed by atoms with E-state index >= 15 is 0 Å². The topological polar surface area (TPSA) is 41.0 Å². The number of aliphatic hydroxyl groups excluding tert-OH is 1. The van der Waals surface area contributed by atoms with Crippen LogP contribution in [0.3, 0.4) is 0 Å². The van der Waals surface area contributed by atoms with Crippen molar-refractivity contribution < 1.29 is 5.11 Å². The lowest BCUT2D eigenvalue weighted by atomic mass is 10.1. The molecule has 0 spiro atoms. The second-order valence-corrected chi connectivity index (χ2v) is 4.15. The monoisotopic (exact) mass is 234 g/mol. The quantitative estimate of drug-likeness (QED) is 0.796. The molecule has 2 N–H and O–H groups in total. The molecule has 1 aromatic carbocycles. The van der Waals surface area contributed by atoms with Crippen molar-refractivity contribution in [2.75, 3.05) is 0 Å². The fourth-order valence-corrected chi connectivity index (χ4v) is 1.87. The van der Waals surface area contributed by atoms with E-state index in [0.717, 1.165) is 5.56 Å². The Morgan fingerprint density at radius 3 is 2.69 bits per heavy atom. The van der Waals surface area contributed by atoms with E-state index in [-0.39, 0.29) is 0 Å². The van der Waals surface area contributed by atoms with Gasteiger partial charge in [-0.05, 0) is 17.8 Å². The van der Waals surface area contributed by atoms with Crippen molar-refractivity contribution in [1.82, 2.24) is 9.55 Å². The van der Waals surface area contributed by atoms with Gasteiger partial charge >= 0.3 is 0 Å². The normalized spacial score (nSPS) is 12.6. The molecule has 2 aromatic rings. The van der Waals surface area contributed by atoms with Crippen LogP contribution in [0.25, 0.3) is 0 Å². The molecule has 4 heteroatoms. The summed E-state index contributed by atoms with van der Waals surface area (Å²) in [6, 6.07) is 9.95. The molecule has 1 atom stereocenters. The predicted molar refractivity (Wildman–Crippen MR) is 65.8 cm³/mol. The summed E-state index contributed by atoms with van der Waals surface area (Å²) >= 11 is 5.06. The maximum atomic E-state index is 9.92. The molecule has 0 aliphatic heterocycles. The Morgan fingerprint density at radius 1 is 1.31 bits per heavy atom. The third-order valence-electron chi connectivity index (χ3n) is 2.44. The van der Waals surface area contributed by atoms with E-state index < -0.39 is 6.10 Å². The van der Waals surface area contributed by atoms with E-state index in [2.05, 4.69) is 4.98 Å². The molecule has 0 amide bonds. The number of aliphatic hydroxyl groups is 1. The Kier molecular flexibility index (Phi) is 3.54. The number of benzene rings is 1. The summed E-state index contributed by atoms with van der Waals surface area (Å²) in [5.41, 5.74) is 1.14. The van der Waals surface area contributed by atoms with Crippen molar-refractivity contribution in [3.63, 3.8) is 0 Å². The average Bonchev–Trinajstić information content (AvgIpc) is 2.66. The summed E-state index contributed by atoms with van der Waals surface area (Å²) in [4.78, 5) is 2.90. The van der Waals surface area contributed by atoms with Gasteiger partial charge in [-0.2, -0.15) is 0 Å². The fraction of sp³-hybridized carbons (Fsp3) is 0.250. The van der Waals surface area contributed by atoms with Crippen LogP contribution in [-0.2, 0) is 13.0 Å². The first kappa shape index (κ1) is 11.1. The van der Waals surface area contributed by atoms with Gasteiger partial charge in [0.25, 0.3) is 0 Å². The Balaban J connectivity index is 1.97. The SMILES string of the molecule is O[C@H](Cc1ccccc1)Cn1cc[nH]c1=S. The number of nitrogens with zero attached hydrogens (tertiary/aromatic N) is 1. The van der Waals surface area contributed by atoms with Crippen LogP contribution < -0.4 is 0 Å². The molecule has 1 aromatic heterocycles. The zero-order chi connectivity index (χ0) is 11.4. The third kappa shape index (κ3) is 2.81. The van der Waals surface area contributed by atoms with Gasteiger partial charge in [-0.15, -0.1) is 0 Å². The van der Waals surface area contributed by atoms with Crippen LogP contribution in [0.4, 0.5) is 0 Å². The zero-order valence-electron chi connectivity index (χ0n) is 8.84. The second-order valence-electron chi connectivity index (χ2n) is 3.76. The van der Waals surface area contributed by atoms with Crippen LogP contribution in [0, 0.1) is 4.77 Å². The molecule has 0 saturated heterocycles. The summed E-state index contributed by atoms with van der Waals surface area (Å²) < 4.78 is 2.48. The first-order chi connectivity index (χ1) is 7.75. The molecular weight excluding hydrogens is 220 g/mol. The number of nitrogens with one attached hydrogen (secondary N) is 1. The molecule has 2 rings (SSSR count). The summed E-state index contributed by atoms with van der Waals surface area (Å²) in [7, 11) is 0. The molecule has 16 heavy (non-hydrogen) atoms. The minimum atomic E-state index is -0.412. The van der Waals surface area contributed by atoms with E-state index in [1.807, 2.05) is 41.1 Å². The maximum absolute atomic E-state index is 9.92. The molecular formula is C12H14N2OS. The van der Waals surface area contributed by atoms with Crippen molar-refractivity contribution in [3.05, 3.63) is 53.1 Å². The Bertz CT molecular complexity index is 489. The molecule has 0 unspecified atom stereocenters. The first-order valence-electron chi connectivity index (χ1n) is 5.21. The lowest BCUT2D eigenvalue weighted by molar-refractivity contribution is 0.154. The van der Waals surface area contributed by atoms with Gasteiger partial charge in [0.1, 0.15) is 0 Å². The number of aromatic nitrogens is 2. The number of imidazole rings is 1. The van der Waals surface area contributed by atoms with Crippen LogP contribution in [0.5, 0.6) is 0 Å². The van der Waals surface area contributed by atoms with Gasteiger partial charge in [-0.1, -0.05) is 30.3 Å². The van der Waals surface area contributed by atoms with Gasteiger partial charge in [0.05, 0.1) is 12.6 Å². The van der Waals surface area contributed by atoms with Crippen molar-refractivity contribution in [1.29, 1.82) is 0 Å². The highest BCUT2D eigenvalue weighted by atomic mass is 32.1. The number of hydrogen-bond acceptors (Lipinski definition) is 2. The molecule has 0 saturated carbocycles. The largest absolute Gasteiger partial charge is 0.391 e. The summed E-state index contributed by atoms with van der Waals surface area (Å²) in [5, 5.41) is 9.92. The van der Waals surface area contributed by atoms with Gasteiger partial charge in [-0.3, -0.25) is 0 Å². The van der Waals surface area contributed by atoms with Gasteiger partial charge < -0.3 is 14.7 Å². The lowest BCUT2D eigenvalue weighted by Gasteiger charge is -2.11. The average molecular weight is 234 g/mol. The van der Waals surface area contributed by atoms with E-state index in [9.17, 15) is 5.11 Å². The van der Waals surface area contributed by atoms with E-state index in [1.165, 1.54) is 0 Å². The minimum Gasteiger partial charge on any atom is -0.391 e. The minimum absolute atomic E-state index is 0.412. The summed E-state index contributed by atoms with van der Waals surface area (Å²) in [6.45, 7) is 0.525. The lowest BCUT2D eigenvalue weighted by Crippen LogP contribution is -2.18. The number of aromatic amines is 1. The van der Waals surface area contributed by atoms with Gasteiger partial charge in [0.2, 0.25) is 0 Å². The highest BCUT2D eigenvalue weighted by Crippen LogP contribution is 2.05. The van der Waals surface area contributed by atoms with Crippen molar-refractivity contribution >= 4 is 12.2 Å². The highest BCUT2D eigenvalue weighted by Gasteiger charge is 2.06. The number of rotatable bonds is 4. The first-order valence-corrected chi connectivity index (χ1v) is 5.62. The van der Waals surface area contributed by atoms with E-state index in [0.29, 0.717) is 17.7 Å².